The lowest BCUT2D eigenvalue weighted by Gasteiger charge is -2.24. The van der Waals surface area contributed by atoms with Gasteiger partial charge in [0, 0.05) is 26.1 Å². The molecule has 1 aromatic carbocycles. The van der Waals surface area contributed by atoms with Crippen LogP contribution in [0.25, 0.3) is 0 Å². The van der Waals surface area contributed by atoms with Gasteiger partial charge >= 0.3 is 0 Å². The molecule has 57 heavy (non-hydrogen) atoms. The number of benzene rings is 1. The van der Waals surface area contributed by atoms with E-state index in [-0.39, 0.29) is 36.6 Å². The number of piperidine rings is 1. The molecule has 2 rings (SSSR count). The number of hydrogen-bond acceptors (Lipinski definition) is 16. The average Bonchev–Trinajstić information content (AvgIpc) is 3.27. The second-order valence-corrected chi connectivity index (χ2v) is 9.10. The summed E-state index contributed by atoms with van der Waals surface area (Å²) in [6.07, 6.45) is 7.27. The third kappa shape index (κ3) is 268. The minimum Gasteiger partial charge on any atom is -0.394 e. The normalized spacial score (nSPS) is 7.65. The van der Waals surface area contributed by atoms with Gasteiger partial charge in [-0.1, -0.05) is 105 Å². The Morgan fingerprint density at radius 3 is 0.860 bits per heavy atom. The molecule has 356 valence electrons. The van der Waals surface area contributed by atoms with Crippen LogP contribution in [-0.4, -0.2) is 104 Å². The van der Waals surface area contributed by atoms with Crippen molar-refractivity contribution in [3.63, 3.8) is 0 Å². The summed E-state index contributed by atoms with van der Waals surface area (Å²) in [7, 11) is 4.50. The first-order valence-corrected chi connectivity index (χ1v) is 17.2. The third-order valence-electron chi connectivity index (χ3n) is 4.69. The van der Waals surface area contributed by atoms with Gasteiger partial charge in [-0.05, 0) is 78.1 Å². The standard InChI is InChI=1S/C8H10.C7H13NO.2C5H12.C3H8O.C2H6.3CH5N.7CH2O.4H3N/c1-2-8-6-4-3-5-7-8;1-7(9)8-5-3-2-4-6-8;2*1-4-5(2)3;1-3(2)4;11*1-2;;;;/h3-7H,2H2,1H3;2-6H2,1H3;2*5H,4H2,1-3H3;3-4H,1-2H3;1-2H3;3*2H2,1H3;7*1H2;4*1H3. The second kappa shape index (κ2) is 185. The maximum Gasteiger partial charge on any atom is 0.219 e. The van der Waals surface area contributed by atoms with Crippen LogP contribution < -0.4 is 41.8 Å². The molecule has 1 aliphatic rings. The van der Waals surface area contributed by atoms with E-state index in [1.165, 1.54) is 58.8 Å². The lowest BCUT2D eigenvalue weighted by atomic mass is 10.1. The first-order chi connectivity index (χ1) is 25.5. The van der Waals surface area contributed by atoms with E-state index < -0.39 is 0 Å². The molecule has 0 bridgehead atoms. The van der Waals surface area contributed by atoms with E-state index in [2.05, 4.69) is 89.9 Å². The monoisotopic (exact) mass is 839 g/mol. The molecule has 1 amide bonds. The summed E-state index contributed by atoms with van der Waals surface area (Å²) in [5.41, 5.74) is 14.9. The molecule has 17 heteroatoms. The van der Waals surface area contributed by atoms with Gasteiger partial charge in [0.15, 0.2) is 0 Å². The van der Waals surface area contributed by atoms with E-state index in [0.717, 1.165) is 31.3 Å². The minimum atomic E-state index is -0.167. The highest BCUT2D eigenvalue weighted by Crippen LogP contribution is 2.07. The van der Waals surface area contributed by atoms with Gasteiger partial charge in [0.2, 0.25) is 5.91 Å². The Hall–Kier alpha value is -3.94. The number of nitrogens with zero attached hydrogens (tertiary/aromatic N) is 1. The topological polar surface area (TPSA) is 378 Å². The summed E-state index contributed by atoms with van der Waals surface area (Å²) < 4.78 is 0. The molecule has 1 saturated heterocycles. The van der Waals surface area contributed by atoms with Crippen LogP contribution in [0.4, 0.5) is 0 Å². The molecule has 0 aromatic heterocycles. The summed E-state index contributed by atoms with van der Waals surface area (Å²) in [4.78, 5) is 68.6. The van der Waals surface area contributed by atoms with E-state index in [1.807, 2.05) is 72.3 Å². The molecular formula is C40H102N8O9. The lowest BCUT2D eigenvalue weighted by Crippen LogP contribution is -2.33. The van der Waals surface area contributed by atoms with Crippen molar-refractivity contribution in [2.75, 3.05) is 34.2 Å². The van der Waals surface area contributed by atoms with E-state index in [0.29, 0.717) is 0 Å². The molecule has 0 radical (unpaired) electrons. The maximum atomic E-state index is 10.7. The Labute approximate surface area is 352 Å². The van der Waals surface area contributed by atoms with Crippen molar-refractivity contribution in [3.8, 4) is 0 Å². The number of aliphatic hydroxyl groups is 1. The van der Waals surface area contributed by atoms with Crippen LogP contribution in [0, 0.1) is 11.8 Å². The fraction of sp³-hybridized carbons (Fsp3) is 0.650. The van der Waals surface area contributed by atoms with Gasteiger partial charge in [-0.3, -0.25) is 4.79 Å². The number of amides is 1. The van der Waals surface area contributed by atoms with Crippen LogP contribution in [0.15, 0.2) is 30.3 Å². The molecule has 0 saturated carbocycles. The van der Waals surface area contributed by atoms with Crippen molar-refractivity contribution < 1.29 is 43.5 Å². The third-order valence-corrected chi connectivity index (χ3v) is 4.69. The summed E-state index contributed by atoms with van der Waals surface area (Å²) in [6.45, 7) is 40.5. The van der Waals surface area contributed by atoms with Crippen LogP contribution in [0.5, 0.6) is 0 Å². The zero-order valence-corrected chi connectivity index (χ0v) is 39.9. The highest BCUT2D eigenvalue weighted by atomic mass is 16.3. The number of hydrogen-bond donors (Lipinski definition) is 8. The SMILES string of the molecule is C=O.C=O.C=O.C=O.C=O.C=O.C=O.CC.CC(=O)N1CCCCC1.CC(C)O.CCC(C)C.CCC(C)C.CCc1ccccc1.CN.CN.CN.N.N.N.N. The van der Waals surface area contributed by atoms with Gasteiger partial charge < -0.3 is 85.4 Å². The summed E-state index contributed by atoms with van der Waals surface area (Å²) in [5.74, 6) is 2.00. The van der Waals surface area contributed by atoms with E-state index in [1.54, 1.807) is 20.8 Å². The van der Waals surface area contributed by atoms with Crippen molar-refractivity contribution in [2.45, 2.75) is 128 Å². The van der Waals surface area contributed by atoms with Gasteiger partial charge in [0.05, 0.1) is 0 Å². The first kappa shape index (κ1) is 117. The van der Waals surface area contributed by atoms with E-state index in [9.17, 15) is 4.79 Å². The van der Waals surface area contributed by atoms with E-state index >= 15 is 0 Å². The molecule has 1 aromatic rings. The molecule has 19 N–H and O–H groups in total. The predicted molar refractivity (Wildman–Crippen MR) is 251 cm³/mol. The maximum absolute atomic E-state index is 10.7. The molecule has 1 aliphatic heterocycles. The molecule has 1 fully saturated rings. The number of rotatable bonds is 3. The highest BCUT2D eigenvalue weighted by Gasteiger charge is 2.11. The predicted octanol–water partition coefficient (Wildman–Crippen LogP) is 6.86. The average molecular weight is 839 g/mol. The van der Waals surface area contributed by atoms with Crippen LogP contribution in [0.3, 0.4) is 0 Å². The van der Waals surface area contributed by atoms with Crippen LogP contribution >= 0.6 is 0 Å². The number of carbonyl (C=O) groups excluding carboxylic acids is 8. The Morgan fingerprint density at radius 2 is 0.754 bits per heavy atom. The zero-order valence-electron chi connectivity index (χ0n) is 39.9. The summed E-state index contributed by atoms with van der Waals surface area (Å²) >= 11 is 0. The first-order valence-electron chi connectivity index (χ1n) is 17.2. The molecule has 0 spiro atoms. The Morgan fingerprint density at radius 1 is 0.561 bits per heavy atom. The largest absolute Gasteiger partial charge is 0.394 e. The van der Waals surface area contributed by atoms with Crippen LogP contribution in [0.2, 0.25) is 0 Å². The fourth-order valence-electron chi connectivity index (χ4n) is 1.92. The molecule has 0 unspecified atom stereocenters. The van der Waals surface area contributed by atoms with Gasteiger partial charge in [0.1, 0.15) is 47.5 Å². The van der Waals surface area contributed by atoms with Crippen molar-refractivity contribution in [3.05, 3.63) is 35.9 Å². The lowest BCUT2D eigenvalue weighted by molar-refractivity contribution is -0.129. The summed E-state index contributed by atoms with van der Waals surface area (Å²) in [5, 5.41) is 8.06. The Balaban J connectivity index is -0.0000000186. The van der Waals surface area contributed by atoms with Crippen LogP contribution in [0.1, 0.15) is 121 Å². The van der Waals surface area contributed by atoms with E-state index in [4.69, 9.17) is 38.7 Å². The van der Waals surface area contributed by atoms with Crippen molar-refractivity contribution in [1.82, 2.24) is 29.5 Å². The fourth-order valence-corrected chi connectivity index (χ4v) is 1.92. The minimum absolute atomic E-state index is 0. The number of nitrogens with two attached hydrogens (primary N) is 3. The molecule has 0 aliphatic carbocycles. The van der Waals surface area contributed by atoms with Crippen molar-refractivity contribution >= 4 is 53.4 Å². The number of likely N-dealkylation sites (tertiary alicyclic amines) is 1. The van der Waals surface area contributed by atoms with Gasteiger partial charge in [0.25, 0.3) is 0 Å². The number of aryl methyl sites for hydroxylation is 1. The van der Waals surface area contributed by atoms with Gasteiger partial charge in [-0.25, -0.2) is 0 Å². The number of carbonyl (C=O) groups is 8. The van der Waals surface area contributed by atoms with Gasteiger partial charge in [-0.15, -0.1) is 0 Å². The number of aliphatic hydroxyl groups excluding tert-OH is 1. The summed E-state index contributed by atoms with van der Waals surface area (Å²) in [6, 6.07) is 10.5. The zero-order chi connectivity index (χ0) is 46.7. The second-order valence-electron chi connectivity index (χ2n) is 9.10. The van der Waals surface area contributed by atoms with Crippen LogP contribution in [-0.2, 0) is 44.8 Å². The van der Waals surface area contributed by atoms with Crippen molar-refractivity contribution in [2.24, 2.45) is 29.0 Å². The molecule has 17 nitrogen and oxygen atoms in total. The Kier molecular flexibility index (Phi) is 380. The van der Waals surface area contributed by atoms with Gasteiger partial charge in [-0.2, -0.15) is 0 Å². The quantitative estimate of drug-likeness (QED) is 0.154. The molecule has 0 atom stereocenters. The van der Waals surface area contributed by atoms with Crippen molar-refractivity contribution in [1.29, 1.82) is 0 Å². The smallest absolute Gasteiger partial charge is 0.219 e. The Bertz CT molecular complexity index is 581. The highest BCUT2D eigenvalue weighted by molar-refractivity contribution is 5.73. The molecule has 1 heterocycles. The molecular weight excluding hydrogens is 736 g/mol.